The minimum atomic E-state index is -0.0965. The van der Waals surface area contributed by atoms with Gasteiger partial charge in [-0.2, -0.15) is 11.8 Å². The van der Waals surface area contributed by atoms with Crippen LogP contribution < -0.4 is 16.2 Å². The second kappa shape index (κ2) is 9.91. The second-order valence-electron chi connectivity index (χ2n) is 4.72. The molecule has 0 aliphatic carbocycles. The van der Waals surface area contributed by atoms with Gasteiger partial charge in [0.05, 0.1) is 12.0 Å². The number of benzene rings is 1. The van der Waals surface area contributed by atoms with E-state index in [4.69, 9.17) is 16.6 Å². The van der Waals surface area contributed by atoms with Crippen LogP contribution in [0.3, 0.4) is 0 Å². The van der Waals surface area contributed by atoms with Gasteiger partial charge in [-0.05, 0) is 29.9 Å². The first-order valence-electron chi connectivity index (χ1n) is 7.21. The predicted octanol–water partition coefficient (Wildman–Crippen LogP) is 2.60. The quantitative estimate of drug-likeness (QED) is 0.406. The summed E-state index contributed by atoms with van der Waals surface area (Å²) in [7, 11) is 0. The van der Waals surface area contributed by atoms with Crippen molar-refractivity contribution in [2.24, 2.45) is 0 Å². The fraction of sp³-hybridized carbons (Fsp3) is 0.250. The minimum absolute atomic E-state index is 0.0965. The van der Waals surface area contributed by atoms with Crippen LogP contribution in [-0.2, 0) is 17.1 Å². The maximum atomic E-state index is 11.7. The number of hydrazine groups is 1. The molecule has 1 aromatic carbocycles. The van der Waals surface area contributed by atoms with Crippen molar-refractivity contribution in [3.8, 4) is 0 Å². The van der Waals surface area contributed by atoms with Gasteiger partial charge in [0, 0.05) is 18.7 Å². The Morgan fingerprint density at radius 2 is 1.96 bits per heavy atom. The van der Waals surface area contributed by atoms with Crippen LogP contribution in [0.15, 0.2) is 53.1 Å². The van der Waals surface area contributed by atoms with Crippen molar-refractivity contribution in [3.63, 3.8) is 0 Å². The van der Waals surface area contributed by atoms with Crippen LogP contribution in [0, 0.1) is 0 Å². The van der Waals surface area contributed by atoms with E-state index in [0.29, 0.717) is 18.1 Å². The van der Waals surface area contributed by atoms with Gasteiger partial charge in [-0.15, -0.1) is 0 Å². The van der Waals surface area contributed by atoms with Crippen LogP contribution in [0.1, 0.15) is 17.7 Å². The lowest BCUT2D eigenvalue weighted by molar-refractivity contribution is -0.121. The highest BCUT2D eigenvalue weighted by molar-refractivity contribution is 7.98. The molecule has 2 aromatic rings. The molecule has 0 unspecified atom stereocenters. The third-order valence-electron chi connectivity index (χ3n) is 2.91. The Morgan fingerprint density at radius 1 is 1.13 bits per heavy atom. The summed E-state index contributed by atoms with van der Waals surface area (Å²) in [4.78, 5) is 11.7. The number of carbonyl (C=O) groups excluding carboxylic acids is 1. The number of furan rings is 1. The number of hydrogen-bond acceptors (Lipinski definition) is 4. The van der Waals surface area contributed by atoms with E-state index in [1.165, 1.54) is 0 Å². The summed E-state index contributed by atoms with van der Waals surface area (Å²) in [5, 5.41) is 3.42. The summed E-state index contributed by atoms with van der Waals surface area (Å²) in [5.74, 6) is 2.31. The molecule has 1 amide bonds. The molecule has 0 spiro atoms. The van der Waals surface area contributed by atoms with E-state index in [9.17, 15) is 4.79 Å². The molecule has 23 heavy (non-hydrogen) atoms. The zero-order valence-corrected chi connectivity index (χ0v) is 14.2. The van der Waals surface area contributed by atoms with Crippen LogP contribution in [0.4, 0.5) is 0 Å². The van der Waals surface area contributed by atoms with Gasteiger partial charge < -0.3 is 9.73 Å². The molecule has 7 heteroatoms. The summed E-state index contributed by atoms with van der Waals surface area (Å²) in [6, 6.07) is 13.7. The number of thioether (sulfide) groups is 1. The first-order chi connectivity index (χ1) is 11.2. The standard InChI is InChI=1S/C16H19N3O2S2/c20-15(8-10-23-12-14-7-4-9-21-14)18-19-16(22)17-11-13-5-2-1-3-6-13/h1-7,9H,8,10-12H2,(H,18,20)(H2,17,19,22). The van der Waals surface area contributed by atoms with Gasteiger partial charge in [0.25, 0.3) is 0 Å². The Labute approximate surface area is 145 Å². The average Bonchev–Trinajstić information content (AvgIpc) is 3.09. The Morgan fingerprint density at radius 3 is 2.70 bits per heavy atom. The van der Waals surface area contributed by atoms with Crippen molar-refractivity contribution < 1.29 is 9.21 Å². The minimum Gasteiger partial charge on any atom is -0.468 e. The number of hydrogen-bond donors (Lipinski definition) is 3. The maximum Gasteiger partial charge on any atom is 0.239 e. The lowest BCUT2D eigenvalue weighted by Crippen LogP contribution is -2.46. The number of rotatable bonds is 7. The van der Waals surface area contributed by atoms with Crippen LogP contribution in [-0.4, -0.2) is 16.8 Å². The van der Waals surface area contributed by atoms with E-state index in [1.807, 2.05) is 42.5 Å². The van der Waals surface area contributed by atoms with E-state index in [2.05, 4.69) is 16.2 Å². The Bertz CT molecular complexity index is 603. The summed E-state index contributed by atoms with van der Waals surface area (Å²) in [5.41, 5.74) is 6.41. The fourth-order valence-corrected chi connectivity index (χ4v) is 2.71. The van der Waals surface area contributed by atoms with Crippen LogP contribution in [0.25, 0.3) is 0 Å². The SMILES string of the molecule is O=C(CCSCc1ccco1)NNC(=S)NCc1ccccc1. The normalized spacial score (nSPS) is 10.1. The van der Waals surface area contributed by atoms with Gasteiger partial charge in [-0.25, -0.2) is 0 Å². The molecule has 1 aromatic heterocycles. The van der Waals surface area contributed by atoms with Crippen molar-refractivity contribution in [2.75, 3.05) is 5.75 Å². The molecule has 0 bridgehead atoms. The van der Waals surface area contributed by atoms with Gasteiger partial charge in [-0.3, -0.25) is 15.6 Å². The van der Waals surface area contributed by atoms with Crippen molar-refractivity contribution in [3.05, 3.63) is 60.1 Å². The summed E-state index contributed by atoms with van der Waals surface area (Å²) >= 11 is 6.76. The molecule has 0 radical (unpaired) electrons. The van der Waals surface area contributed by atoms with E-state index in [0.717, 1.165) is 22.8 Å². The molecule has 0 fully saturated rings. The van der Waals surface area contributed by atoms with Crippen molar-refractivity contribution in [1.82, 2.24) is 16.2 Å². The lowest BCUT2D eigenvalue weighted by Gasteiger charge is -2.11. The molecule has 2 rings (SSSR count). The lowest BCUT2D eigenvalue weighted by atomic mass is 10.2. The average molecular weight is 349 g/mol. The van der Waals surface area contributed by atoms with E-state index < -0.39 is 0 Å². The molecule has 5 nitrogen and oxygen atoms in total. The first-order valence-corrected chi connectivity index (χ1v) is 8.77. The van der Waals surface area contributed by atoms with E-state index in [-0.39, 0.29) is 5.91 Å². The predicted molar refractivity (Wildman–Crippen MR) is 96.6 cm³/mol. The highest BCUT2D eigenvalue weighted by Gasteiger charge is 2.03. The summed E-state index contributed by atoms with van der Waals surface area (Å²) < 4.78 is 5.22. The van der Waals surface area contributed by atoms with Gasteiger partial charge in [0.2, 0.25) is 5.91 Å². The number of amides is 1. The summed E-state index contributed by atoms with van der Waals surface area (Å²) in [6.45, 7) is 0.613. The maximum absolute atomic E-state index is 11.7. The second-order valence-corrected chi connectivity index (χ2v) is 6.24. The molecule has 3 N–H and O–H groups in total. The summed E-state index contributed by atoms with van der Waals surface area (Å²) in [6.07, 6.45) is 2.07. The number of thiocarbonyl (C=S) groups is 1. The molecule has 0 aliphatic heterocycles. The molecule has 1 heterocycles. The Kier molecular flexibility index (Phi) is 7.48. The highest BCUT2D eigenvalue weighted by Crippen LogP contribution is 2.12. The highest BCUT2D eigenvalue weighted by atomic mass is 32.2. The van der Waals surface area contributed by atoms with Crippen molar-refractivity contribution in [2.45, 2.75) is 18.7 Å². The largest absolute Gasteiger partial charge is 0.468 e. The number of nitrogens with one attached hydrogen (secondary N) is 3. The fourth-order valence-electron chi connectivity index (χ4n) is 1.74. The van der Waals surface area contributed by atoms with Gasteiger partial charge in [-0.1, -0.05) is 30.3 Å². The number of carbonyl (C=O) groups is 1. The molecule has 0 aliphatic rings. The van der Waals surface area contributed by atoms with Crippen LogP contribution in [0.2, 0.25) is 0 Å². The molecule has 122 valence electrons. The van der Waals surface area contributed by atoms with Gasteiger partial charge >= 0.3 is 0 Å². The third kappa shape index (κ3) is 7.21. The van der Waals surface area contributed by atoms with Crippen molar-refractivity contribution in [1.29, 1.82) is 0 Å². The first kappa shape index (κ1) is 17.4. The van der Waals surface area contributed by atoms with E-state index in [1.54, 1.807) is 18.0 Å². The van der Waals surface area contributed by atoms with Crippen molar-refractivity contribution >= 4 is 35.0 Å². The molecule has 0 atom stereocenters. The topological polar surface area (TPSA) is 66.3 Å². The third-order valence-corrected chi connectivity index (χ3v) is 4.14. The molecular formula is C16H19N3O2S2. The molecular weight excluding hydrogens is 330 g/mol. The molecule has 0 saturated heterocycles. The van der Waals surface area contributed by atoms with E-state index >= 15 is 0 Å². The Balaban J connectivity index is 1.52. The monoisotopic (exact) mass is 349 g/mol. The van der Waals surface area contributed by atoms with Gasteiger partial charge in [0.15, 0.2) is 5.11 Å². The van der Waals surface area contributed by atoms with Crippen LogP contribution in [0.5, 0.6) is 0 Å². The Hall–Kier alpha value is -1.99. The molecule has 0 saturated carbocycles. The van der Waals surface area contributed by atoms with Gasteiger partial charge in [0.1, 0.15) is 5.76 Å². The smallest absolute Gasteiger partial charge is 0.239 e. The zero-order chi connectivity index (χ0) is 16.3. The zero-order valence-electron chi connectivity index (χ0n) is 12.6. The van der Waals surface area contributed by atoms with Crippen LogP contribution >= 0.6 is 24.0 Å².